The van der Waals surface area contributed by atoms with E-state index in [-0.39, 0.29) is 0 Å². The molecule has 3 atom stereocenters. The lowest BCUT2D eigenvalue weighted by Gasteiger charge is -2.61. The van der Waals surface area contributed by atoms with Crippen molar-refractivity contribution in [2.24, 2.45) is 5.41 Å². The fourth-order valence-corrected chi connectivity index (χ4v) is 4.24. The Kier molecular flexibility index (Phi) is 3.65. The van der Waals surface area contributed by atoms with Gasteiger partial charge < -0.3 is 15.0 Å². The molecule has 0 amide bonds. The summed E-state index contributed by atoms with van der Waals surface area (Å²) in [5, 5.41) is 3.85. The van der Waals surface area contributed by atoms with E-state index in [1.165, 1.54) is 51.6 Å². The second kappa shape index (κ2) is 5.10. The van der Waals surface area contributed by atoms with Crippen molar-refractivity contribution in [2.45, 2.75) is 63.6 Å². The van der Waals surface area contributed by atoms with E-state index < -0.39 is 0 Å². The van der Waals surface area contributed by atoms with Crippen molar-refractivity contribution in [1.29, 1.82) is 0 Å². The molecule has 3 rings (SSSR count). The molecule has 3 fully saturated rings. The molecule has 1 N–H and O–H groups in total. The maximum Gasteiger partial charge on any atom is 0.0661 e. The van der Waals surface area contributed by atoms with Crippen LogP contribution in [-0.4, -0.2) is 49.8 Å². The minimum atomic E-state index is 0.521. The van der Waals surface area contributed by atoms with Crippen molar-refractivity contribution in [3.8, 4) is 0 Å². The molecule has 0 aromatic heterocycles. The predicted octanol–water partition coefficient (Wildman–Crippen LogP) is 2.02. The molecule has 1 heterocycles. The lowest BCUT2D eigenvalue weighted by atomic mass is 9.51. The molecule has 0 aromatic rings. The molecule has 1 saturated heterocycles. The minimum Gasteiger partial charge on any atom is -0.378 e. The molecule has 0 bridgehead atoms. The summed E-state index contributed by atoms with van der Waals surface area (Å²) in [5.74, 6) is 0. The smallest absolute Gasteiger partial charge is 0.0661 e. The van der Waals surface area contributed by atoms with Gasteiger partial charge in [-0.25, -0.2) is 0 Å². The van der Waals surface area contributed by atoms with Crippen LogP contribution >= 0.6 is 0 Å². The second-order valence-corrected chi connectivity index (χ2v) is 6.50. The highest BCUT2D eigenvalue weighted by molar-refractivity contribution is 5.12. The molecule has 0 radical (unpaired) electrons. The van der Waals surface area contributed by atoms with Crippen LogP contribution in [0, 0.1) is 5.41 Å². The number of likely N-dealkylation sites (N-methyl/N-ethyl adjacent to an activating group) is 1. The van der Waals surface area contributed by atoms with Gasteiger partial charge >= 0.3 is 0 Å². The van der Waals surface area contributed by atoms with E-state index in [9.17, 15) is 0 Å². The molecule has 2 saturated carbocycles. The summed E-state index contributed by atoms with van der Waals surface area (Å²) in [6.07, 6.45) is 8.72. The third-order valence-corrected chi connectivity index (χ3v) is 5.71. The fraction of sp³-hybridized carbons (Fsp3) is 1.00. The second-order valence-electron chi connectivity index (χ2n) is 6.50. The Morgan fingerprint density at radius 3 is 2.72 bits per heavy atom. The fourth-order valence-electron chi connectivity index (χ4n) is 4.24. The summed E-state index contributed by atoms with van der Waals surface area (Å²) in [7, 11) is 2.27. The lowest BCUT2D eigenvalue weighted by Crippen LogP contribution is -2.67. The first kappa shape index (κ1) is 12.9. The Morgan fingerprint density at radius 1 is 1.33 bits per heavy atom. The van der Waals surface area contributed by atoms with Crippen LogP contribution in [0.4, 0.5) is 0 Å². The molecule has 18 heavy (non-hydrogen) atoms. The van der Waals surface area contributed by atoms with Gasteiger partial charge in [0.1, 0.15) is 0 Å². The number of hydrogen-bond acceptors (Lipinski definition) is 3. The van der Waals surface area contributed by atoms with Gasteiger partial charge in [0.2, 0.25) is 0 Å². The van der Waals surface area contributed by atoms with E-state index in [1.54, 1.807) is 0 Å². The maximum absolute atomic E-state index is 5.91. The topological polar surface area (TPSA) is 24.5 Å². The third-order valence-electron chi connectivity index (χ3n) is 5.71. The van der Waals surface area contributed by atoms with Gasteiger partial charge in [-0.2, -0.15) is 0 Å². The molecule has 3 unspecified atom stereocenters. The molecule has 3 heteroatoms. The van der Waals surface area contributed by atoms with Crippen LogP contribution in [0.3, 0.4) is 0 Å². The first-order valence-electron chi connectivity index (χ1n) is 7.81. The van der Waals surface area contributed by atoms with E-state index in [0.717, 1.165) is 18.7 Å². The number of likely N-dealkylation sites (tertiary alicyclic amines) is 1. The minimum absolute atomic E-state index is 0.521. The first-order valence-corrected chi connectivity index (χ1v) is 7.81. The average Bonchev–Trinajstić information content (AvgIpc) is 2.66. The van der Waals surface area contributed by atoms with Crippen molar-refractivity contribution >= 4 is 0 Å². The zero-order valence-corrected chi connectivity index (χ0v) is 12.0. The van der Waals surface area contributed by atoms with Crippen LogP contribution in [0.1, 0.15) is 45.4 Å². The number of rotatable bonds is 5. The SMILES string of the molecule is CCOC1CC(NCC2CCCN2C)C12CCC2. The van der Waals surface area contributed by atoms with Gasteiger partial charge in [-0.15, -0.1) is 0 Å². The highest BCUT2D eigenvalue weighted by Crippen LogP contribution is 2.57. The molecular weight excluding hydrogens is 224 g/mol. The van der Waals surface area contributed by atoms with Gasteiger partial charge in [0.05, 0.1) is 6.10 Å². The van der Waals surface area contributed by atoms with Gasteiger partial charge in [-0.1, -0.05) is 6.42 Å². The van der Waals surface area contributed by atoms with Gasteiger partial charge in [0, 0.05) is 30.7 Å². The van der Waals surface area contributed by atoms with E-state index in [0.29, 0.717) is 11.5 Å². The zero-order valence-electron chi connectivity index (χ0n) is 12.0. The summed E-state index contributed by atoms with van der Waals surface area (Å²) in [6.45, 7) is 5.47. The normalized spacial score (nSPS) is 38.7. The Bertz CT molecular complexity index is 290. The Balaban J connectivity index is 1.49. The van der Waals surface area contributed by atoms with Gasteiger partial charge in [-0.3, -0.25) is 0 Å². The summed E-state index contributed by atoms with van der Waals surface area (Å²) < 4.78 is 5.91. The number of nitrogens with zero attached hydrogens (tertiary/aromatic N) is 1. The Hall–Kier alpha value is -0.120. The highest BCUT2D eigenvalue weighted by atomic mass is 16.5. The van der Waals surface area contributed by atoms with Crippen molar-refractivity contribution in [2.75, 3.05) is 26.7 Å². The average molecular weight is 252 g/mol. The van der Waals surface area contributed by atoms with E-state index in [1.807, 2.05) is 0 Å². The van der Waals surface area contributed by atoms with Crippen LogP contribution in [0.2, 0.25) is 0 Å². The third kappa shape index (κ3) is 2.00. The largest absolute Gasteiger partial charge is 0.378 e. The van der Waals surface area contributed by atoms with Crippen molar-refractivity contribution in [1.82, 2.24) is 10.2 Å². The molecule has 1 spiro atoms. The van der Waals surface area contributed by atoms with E-state index in [2.05, 4.69) is 24.2 Å². The standard InChI is InChI=1S/C15H28N2O/c1-3-18-14-10-13(15(14)7-5-8-15)16-11-12-6-4-9-17(12)2/h12-14,16H,3-11H2,1-2H3. The maximum atomic E-state index is 5.91. The van der Waals surface area contributed by atoms with Gasteiger partial charge in [0.25, 0.3) is 0 Å². The van der Waals surface area contributed by atoms with Gasteiger partial charge in [-0.05, 0) is 52.6 Å². The molecule has 104 valence electrons. The van der Waals surface area contributed by atoms with Crippen LogP contribution in [0.15, 0.2) is 0 Å². The summed E-state index contributed by atoms with van der Waals surface area (Å²) in [6, 6.07) is 1.50. The van der Waals surface area contributed by atoms with E-state index >= 15 is 0 Å². The lowest BCUT2D eigenvalue weighted by molar-refractivity contribution is -0.173. The first-order chi connectivity index (χ1) is 8.76. The van der Waals surface area contributed by atoms with Crippen molar-refractivity contribution in [3.05, 3.63) is 0 Å². The molecule has 2 aliphatic carbocycles. The summed E-state index contributed by atoms with van der Waals surface area (Å²) in [5.41, 5.74) is 0.521. The van der Waals surface area contributed by atoms with Gasteiger partial charge in [0.15, 0.2) is 0 Å². The molecular formula is C15H28N2O. The Morgan fingerprint density at radius 2 is 2.17 bits per heavy atom. The monoisotopic (exact) mass is 252 g/mol. The molecule has 3 nitrogen and oxygen atoms in total. The molecule has 3 aliphatic rings. The molecule has 0 aromatic carbocycles. The molecule has 1 aliphatic heterocycles. The Labute approximate surface area is 111 Å². The van der Waals surface area contributed by atoms with Crippen molar-refractivity contribution < 1.29 is 4.74 Å². The van der Waals surface area contributed by atoms with Crippen LogP contribution in [0.5, 0.6) is 0 Å². The summed E-state index contributed by atoms with van der Waals surface area (Å²) >= 11 is 0. The highest BCUT2D eigenvalue weighted by Gasteiger charge is 2.58. The number of nitrogens with one attached hydrogen (secondary N) is 1. The van der Waals surface area contributed by atoms with E-state index in [4.69, 9.17) is 4.74 Å². The van der Waals surface area contributed by atoms with Crippen LogP contribution in [-0.2, 0) is 4.74 Å². The predicted molar refractivity (Wildman–Crippen MR) is 73.8 cm³/mol. The number of ether oxygens (including phenoxy) is 1. The van der Waals surface area contributed by atoms with Crippen LogP contribution in [0.25, 0.3) is 0 Å². The summed E-state index contributed by atoms with van der Waals surface area (Å²) in [4.78, 5) is 2.51. The number of hydrogen-bond donors (Lipinski definition) is 1. The van der Waals surface area contributed by atoms with Crippen molar-refractivity contribution in [3.63, 3.8) is 0 Å². The van der Waals surface area contributed by atoms with Crippen LogP contribution < -0.4 is 5.32 Å². The quantitative estimate of drug-likeness (QED) is 0.810. The zero-order chi connectivity index (χ0) is 12.6.